The van der Waals surface area contributed by atoms with Crippen LogP contribution < -0.4 is 5.43 Å². The molecule has 2 rings (SSSR count). The predicted octanol–water partition coefficient (Wildman–Crippen LogP) is 3.55. The lowest BCUT2D eigenvalue weighted by Gasteiger charge is -2.01. The summed E-state index contributed by atoms with van der Waals surface area (Å²) < 4.78 is 39.4. The highest BCUT2D eigenvalue weighted by Gasteiger charge is 2.11. The molecule has 0 radical (unpaired) electrons. The fraction of sp³-hybridized carbons (Fsp3) is 0. The van der Waals surface area contributed by atoms with Gasteiger partial charge in [0.05, 0.1) is 17.5 Å². The number of benzene rings is 2. The van der Waals surface area contributed by atoms with Crippen molar-refractivity contribution in [3.05, 3.63) is 65.5 Å². The minimum atomic E-state index is -1.26. The molecule has 0 saturated heterocycles. The fourth-order valence-corrected chi connectivity index (χ4v) is 1.35. The Morgan fingerprint density at radius 3 is 2.28 bits per heavy atom. The first-order valence-electron chi connectivity index (χ1n) is 5.16. The number of hydrogen-bond acceptors (Lipinski definition) is 2. The maximum absolute atomic E-state index is 13.3. The Balaban J connectivity index is 2.17. The van der Waals surface area contributed by atoms with Crippen molar-refractivity contribution in [2.75, 3.05) is 5.43 Å². The monoisotopic (exact) mass is 250 g/mol. The summed E-state index contributed by atoms with van der Waals surface area (Å²) in [6, 6.07) is 10.4. The second-order valence-corrected chi connectivity index (χ2v) is 3.49. The van der Waals surface area contributed by atoms with Gasteiger partial charge in [-0.3, -0.25) is 5.43 Å². The van der Waals surface area contributed by atoms with Gasteiger partial charge in [-0.2, -0.15) is 5.10 Å². The Morgan fingerprint density at radius 1 is 0.889 bits per heavy atom. The van der Waals surface area contributed by atoms with Gasteiger partial charge in [-0.05, 0) is 24.3 Å². The van der Waals surface area contributed by atoms with Crippen molar-refractivity contribution in [3.63, 3.8) is 0 Å². The van der Waals surface area contributed by atoms with Crippen LogP contribution in [0, 0.1) is 17.5 Å². The number of hydrogen-bond donors (Lipinski definition) is 1. The summed E-state index contributed by atoms with van der Waals surface area (Å²) in [5.74, 6) is -3.24. The summed E-state index contributed by atoms with van der Waals surface area (Å²) in [5.41, 5.74) is 2.72. The highest BCUT2D eigenvalue weighted by Crippen LogP contribution is 2.14. The second kappa shape index (κ2) is 5.35. The third-order valence-electron chi connectivity index (χ3n) is 2.24. The molecule has 92 valence electrons. The van der Waals surface area contributed by atoms with E-state index in [-0.39, 0.29) is 0 Å². The van der Waals surface area contributed by atoms with Crippen LogP contribution in [-0.2, 0) is 0 Å². The topological polar surface area (TPSA) is 24.4 Å². The van der Waals surface area contributed by atoms with Gasteiger partial charge in [0.2, 0.25) is 0 Å². The van der Waals surface area contributed by atoms with E-state index in [0.717, 1.165) is 18.3 Å². The number of halogens is 3. The van der Waals surface area contributed by atoms with E-state index < -0.39 is 23.0 Å². The van der Waals surface area contributed by atoms with E-state index in [1.165, 1.54) is 0 Å². The molecule has 1 N–H and O–H groups in total. The lowest BCUT2D eigenvalue weighted by atomic mass is 10.2. The largest absolute Gasteiger partial charge is 0.279 e. The average Bonchev–Trinajstić information content (AvgIpc) is 2.39. The third kappa shape index (κ3) is 2.68. The molecule has 0 aliphatic carbocycles. The summed E-state index contributed by atoms with van der Waals surface area (Å²) in [6.45, 7) is 0. The molecule has 0 heterocycles. The Kier molecular flexibility index (Phi) is 3.62. The first-order valence-corrected chi connectivity index (χ1v) is 5.16. The molecule has 0 spiro atoms. The van der Waals surface area contributed by atoms with Crippen molar-refractivity contribution in [2.45, 2.75) is 0 Å². The zero-order valence-corrected chi connectivity index (χ0v) is 9.20. The standard InChI is InChI=1S/C13H9F3N2/c14-11-6-7-12(15)13(16)10(11)8-17-18-9-4-2-1-3-5-9/h1-8,18H. The van der Waals surface area contributed by atoms with E-state index in [0.29, 0.717) is 5.69 Å². The highest BCUT2D eigenvalue weighted by atomic mass is 19.2. The minimum absolute atomic E-state index is 0.515. The molecule has 0 aliphatic heterocycles. The molecule has 0 unspecified atom stereocenters. The Labute approximate surface area is 102 Å². The number of nitrogens with one attached hydrogen (secondary N) is 1. The van der Waals surface area contributed by atoms with E-state index in [4.69, 9.17) is 0 Å². The smallest absolute Gasteiger partial charge is 0.170 e. The van der Waals surface area contributed by atoms with Crippen LogP contribution in [-0.4, -0.2) is 6.21 Å². The SMILES string of the molecule is Fc1ccc(F)c(C=NNc2ccccc2)c1F. The van der Waals surface area contributed by atoms with Gasteiger partial charge in [-0.1, -0.05) is 18.2 Å². The normalized spacial score (nSPS) is 10.8. The average molecular weight is 250 g/mol. The van der Waals surface area contributed by atoms with E-state index in [1.54, 1.807) is 24.3 Å². The van der Waals surface area contributed by atoms with Gasteiger partial charge in [0.15, 0.2) is 11.6 Å². The van der Waals surface area contributed by atoms with Gasteiger partial charge in [-0.15, -0.1) is 0 Å². The summed E-state index contributed by atoms with van der Waals surface area (Å²) in [6.07, 6.45) is 0.904. The second-order valence-electron chi connectivity index (χ2n) is 3.49. The van der Waals surface area contributed by atoms with Crippen LogP contribution in [0.2, 0.25) is 0 Å². The summed E-state index contributed by atoms with van der Waals surface area (Å²) >= 11 is 0. The molecule has 0 saturated carbocycles. The number of para-hydroxylation sites is 1. The zero-order valence-electron chi connectivity index (χ0n) is 9.20. The fourth-order valence-electron chi connectivity index (χ4n) is 1.35. The van der Waals surface area contributed by atoms with Crippen LogP contribution in [0.25, 0.3) is 0 Å². The molecule has 2 aromatic carbocycles. The van der Waals surface area contributed by atoms with Crippen molar-refractivity contribution in [1.82, 2.24) is 0 Å². The minimum Gasteiger partial charge on any atom is -0.279 e. The zero-order chi connectivity index (χ0) is 13.0. The van der Waals surface area contributed by atoms with Gasteiger partial charge < -0.3 is 0 Å². The maximum Gasteiger partial charge on any atom is 0.170 e. The number of anilines is 1. The Hall–Kier alpha value is -2.30. The van der Waals surface area contributed by atoms with Crippen LogP contribution in [0.1, 0.15) is 5.56 Å². The van der Waals surface area contributed by atoms with Crippen LogP contribution in [0.5, 0.6) is 0 Å². The molecule has 2 aromatic rings. The van der Waals surface area contributed by atoms with Crippen LogP contribution in [0.3, 0.4) is 0 Å². The molecule has 2 nitrogen and oxygen atoms in total. The van der Waals surface area contributed by atoms with E-state index >= 15 is 0 Å². The molecule has 18 heavy (non-hydrogen) atoms. The van der Waals surface area contributed by atoms with Crippen LogP contribution >= 0.6 is 0 Å². The molecule has 0 aliphatic rings. The first-order chi connectivity index (χ1) is 8.68. The molecule has 0 amide bonds. The quantitative estimate of drug-likeness (QED) is 0.503. The summed E-state index contributed by atoms with van der Waals surface area (Å²) in [5, 5.41) is 3.65. The first kappa shape index (κ1) is 12.2. The third-order valence-corrected chi connectivity index (χ3v) is 2.24. The van der Waals surface area contributed by atoms with Gasteiger partial charge >= 0.3 is 0 Å². The molecular formula is C13H9F3N2. The van der Waals surface area contributed by atoms with E-state index in [9.17, 15) is 13.2 Å². The van der Waals surface area contributed by atoms with Crippen molar-refractivity contribution in [1.29, 1.82) is 0 Å². The van der Waals surface area contributed by atoms with Crippen LogP contribution in [0.15, 0.2) is 47.6 Å². The lowest BCUT2D eigenvalue weighted by Crippen LogP contribution is -1.99. The van der Waals surface area contributed by atoms with Crippen molar-refractivity contribution in [2.24, 2.45) is 5.10 Å². The Bertz CT molecular complexity index is 568. The maximum atomic E-state index is 13.3. The summed E-state index contributed by atoms with van der Waals surface area (Å²) in [4.78, 5) is 0. The van der Waals surface area contributed by atoms with Gasteiger partial charge in [0, 0.05) is 0 Å². The molecule has 0 fully saturated rings. The predicted molar refractivity (Wildman–Crippen MR) is 64.0 cm³/mol. The van der Waals surface area contributed by atoms with Gasteiger partial charge in [-0.25, -0.2) is 13.2 Å². The molecule has 0 atom stereocenters. The summed E-state index contributed by atoms with van der Waals surface area (Å²) in [7, 11) is 0. The molecular weight excluding hydrogens is 241 g/mol. The van der Waals surface area contributed by atoms with Gasteiger partial charge in [0.1, 0.15) is 5.82 Å². The van der Waals surface area contributed by atoms with Crippen molar-refractivity contribution in [3.8, 4) is 0 Å². The van der Waals surface area contributed by atoms with Gasteiger partial charge in [0.25, 0.3) is 0 Å². The Morgan fingerprint density at radius 2 is 1.56 bits per heavy atom. The molecule has 5 heteroatoms. The van der Waals surface area contributed by atoms with E-state index in [1.807, 2.05) is 6.07 Å². The molecule has 0 aromatic heterocycles. The number of hydrazone groups is 1. The van der Waals surface area contributed by atoms with E-state index in [2.05, 4.69) is 10.5 Å². The highest BCUT2D eigenvalue weighted by molar-refractivity contribution is 5.81. The van der Waals surface area contributed by atoms with Crippen LogP contribution in [0.4, 0.5) is 18.9 Å². The number of rotatable bonds is 3. The number of nitrogens with zero attached hydrogens (tertiary/aromatic N) is 1. The lowest BCUT2D eigenvalue weighted by molar-refractivity contribution is 0.493. The molecule has 0 bridgehead atoms. The van der Waals surface area contributed by atoms with Crippen molar-refractivity contribution < 1.29 is 13.2 Å². The van der Waals surface area contributed by atoms with Crippen molar-refractivity contribution >= 4 is 11.9 Å².